The van der Waals surface area contributed by atoms with E-state index in [0.29, 0.717) is 0 Å². The van der Waals surface area contributed by atoms with Gasteiger partial charge in [0.2, 0.25) is 5.91 Å². The van der Waals surface area contributed by atoms with Crippen LogP contribution in [0.4, 0.5) is 5.69 Å². The number of benzene rings is 1. The maximum atomic E-state index is 11.0. The van der Waals surface area contributed by atoms with E-state index in [1.165, 1.54) is 19.1 Å². The normalized spacial score (nSPS) is 13.7. The van der Waals surface area contributed by atoms with E-state index in [4.69, 9.17) is 27.8 Å². The number of primary amides is 1. The predicted octanol–water partition coefficient (Wildman–Crippen LogP) is 0.830. The third-order valence-electron chi connectivity index (χ3n) is 2.22. The largest absolute Gasteiger partial charge is 0.489 e. The fraction of sp³-hybridized carbons (Fsp3) is 0.300. The molecule has 0 radical (unpaired) electrons. The van der Waals surface area contributed by atoms with Crippen LogP contribution in [0.2, 0.25) is 5.02 Å². The van der Waals surface area contributed by atoms with Crippen LogP contribution >= 0.6 is 11.6 Å². The smallest absolute Gasteiger partial charge is 0.273 e. The molecule has 0 aliphatic rings. The second-order valence-corrected chi connectivity index (χ2v) is 4.35. The molecular weight excluding hydrogens is 262 g/mol. The highest BCUT2D eigenvalue weighted by atomic mass is 35.5. The summed E-state index contributed by atoms with van der Waals surface area (Å²) >= 11 is 5.80. The number of amides is 1. The number of nitro groups is 1. The summed E-state index contributed by atoms with van der Waals surface area (Å²) in [7, 11) is 0. The zero-order chi connectivity index (χ0) is 13.9. The van der Waals surface area contributed by atoms with Gasteiger partial charge in [-0.1, -0.05) is 11.6 Å². The first-order chi connectivity index (χ1) is 8.24. The Labute approximate surface area is 108 Å². The third-order valence-corrected chi connectivity index (χ3v) is 2.53. The maximum Gasteiger partial charge on any atom is 0.273 e. The molecule has 0 saturated carbocycles. The van der Waals surface area contributed by atoms with E-state index in [2.05, 4.69) is 0 Å². The number of rotatable bonds is 5. The van der Waals surface area contributed by atoms with Gasteiger partial charge < -0.3 is 16.2 Å². The molecule has 1 rings (SSSR count). The van der Waals surface area contributed by atoms with Crippen molar-refractivity contribution in [3.63, 3.8) is 0 Å². The van der Waals surface area contributed by atoms with Crippen molar-refractivity contribution in [1.29, 1.82) is 0 Å². The van der Waals surface area contributed by atoms with Crippen LogP contribution in [0.25, 0.3) is 0 Å². The molecule has 1 aromatic rings. The molecule has 4 N–H and O–H groups in total. The van der Waals surface area contributed by atoms with Gasteiger partial charge in [-0.3, -0.25) is 14.9 Å². The number of nitrogens with two attached hydrogens (primary N) is 2. The first-order valence-electron chi connectivity index (χ1n) is 4.89. The minimum Gasteiger partial charge on any atom is -0.489 e. The zero-order valence-electron chi connectivity index (χ0n) is 9.55. The molecular formula is C10H12ClN3O4. The fourth-order valence-corrected chi connectivity index (χ4v) is 1.19. The molecule has 98 valence electrons. The van der Waals surface area contributed by atoms with Crippen molar-refractivity contribution < 1.29 is 14.5 Å². The second kappa shape index (κ2) is 5.19. The van der Waals surface area contributed by atoms with Gasteiger partial charge >= 0.3 is 0 Å². The van der Waals surface area contributed by atoms with Gasteiger partial charge in [-0.15, -0.1) is 0 Å². The summed E-state index contributed by atoms with van der Waals surface area (Å²) in [5.41, 5.74) is 9.09. The van der Waals surface area contributed by atoms with Crippen molar-refractivity contribution in [2.24, 2.45) is 11.5 Å². The van der Waals surface area contributed by atoms with Gasteiger partial charge in [0.05, 0.1) is 16.0 Å². The molecule has 0 heterocycles. The van der Waals surface area contributed by atoms with E-state index < -0.39 is 16.4 Å². The van der Waals surface area contributed by atoms with Crippen molar-refractivity contribution >= 4 is 23.2 Å². The molecule has 1 atom stereocenters. The number of nitro benzene ring substituents is 1. The Bertz CT molecular complexity index is 490. The van der Waals surface area contributed by atoms with Crippen LogP contribution in [0.3, 0.4) is 0 Å². The summed E-state index contributed by atoms with van der Waals surface area (Å²) < 4.78 is 5.19. The summed E-state index contributed by atoms with van der Waals surface area (Å²) in [5, 5.41) is 10.8. The molecule has 1 aromatic carbocycles. The van der Waals surface area contributed by atoms with Crippen LogP contribution in [-0.2, 0) is 4.79 Å². The van der Waals surface area contributed by atoms with Gasteiger partial charge in [0.25, 0.3) is 5.69 Å². The highest BCUT2D eigenvalue weighted by molar-refractivity contribution is 6.32. The van der Waals surface area contributed by atoms with Gasteiger partial charge in [0.15, 0.2) is 0 Å². The zero-order valence-corrected chi connectivity index (χ0v) is 10.3. The Kier molecular flexibility index (Phi) is 4.10. The predicted molar refractivity (Wildman–Crippen MR) is 65.4 cm³/mol. The van der Waals surface area contributed by atoms with E-state index >= 15 is 0 Å². The molecule has 0 aliphatic heterocycles. The van der Waals surface area contributed by atoms with Crippen molar-refractivity contribution in [2.45, 2.75) is 12.5 Å². The Hall–Kier alpha value is -1.86. The average Bonchev–Trinajstić information content (AvgIpc) is 2.27. The molecule has 0 saturated heterocycles. The van der Waals surface area contributed by atoms with Gasteiger partial charge in [-0.05, 0) is 13.0 Å². The molecule has 18 heavy (non-hydrogen) atoms. The summed E-state index contributed by atoms with van der Waals surface area (Å²) in [5.74, 6) is -0.673. The maximum absolute atomic E-state index is 11.0. The molecule has 0 bridgehead atoms. The molecule has 0 spiro atoms. The molecule has 1 amide bonds. The Morgan fingerprint density at radius 1 is 1.61 bits per heavy atom. The van der Waals surface area contributed by atoms with Crippen molar-refractivity contribution in [3.8, 4) is 5.75 Å². The molecule has 1 unspecified atom stereocenters. The SMILES string of the molecule is CC(N)(COc1cc([N+](=O)[O-])ccc1Cl)C(N)=O. The average molecular weight is 274 g/mol. The third kappa shape index (κ3) is 3.31. The van der Waals surface area contributed by atoms with Crippen LogP contribution in [0.15, 0.2) is 18.2 Å². The highest BCUT2D eigenvalue weighted by Gasteiger charge is 2.27. The standard InChI is InChI=1S/C10H12ClN3O4/c1-10(13,9(12)15)5-18-8-4-6(14(16)17)2-3-7(8)11/h2-4H,5,13H2,1H3,(H2,12,15). The van der Waals surface area contributed by atoms with E-state index in [1.54, 1.807) is 0 Å². The lowest BCUT2D eigenvalue weighted by molar-refractivity contribution is -0.384. The van der Waals surface area contributed by atoms with Gasteiger partial charge in [0.1, 0.15) is 17.9 Å². The van der Waals surface area contributed by atoms with Crippen molar-refractivity contribution in [3.05, 3.63) is 33.3 Å². The van der Waals surface area contributed by atoms with Crippen LogP contribution in [-0.4, -0.2) is 23.0 Å². The molecule has 0 fully saturated rings. The first-order valence-corrected chi connectivity index (χ1v) is 5.27. The topological polar surface area (TPSA) is 121 Å². The van der Waals surface area contributed by atoms with Crippen LogP contribution in [0.5, 0.6) is 5.75 Å². The lowest BCUT2D eigenvalue weighted by Crippen LogP contribution is -2.53. The number of ether oxygens (including phenoxy) is 1. The fourth-order valence-electron chi connectivity index (χ4n) is 1.02. The Morgan fingerprint density at radius 3 is 2.72 bits per heavy atom. The number of halogens is 1. The minimum atomic E-state index is -1.38. The monoisotopic (exact) mass is 273 g/mol. The number of hydrogen-bond acceptors (Lipinski definition) is 5. The van der Waals surface area contributed by atoms with Gasteiger partial charge in [0, 0.05) is 6.07 Å². The lowest BCUT2D eigenvalue weighted by atomic mass is 10.1. The number of nitrogens with zero attached hydrogens (tertiary/aromatic N) is 1. The van der Waals surface area contributed by atoms with E-state index in [1.807, 2.05) is 0 Å². The highest BCUT2D eigenvalue weighted by Crippen LogP contribution is 2.29. The number of carbonyl (C=O) groups excluding carboxylic acids is 1. The number of carbonyl (C=O) groups is 1. The van der Waals surface area contributed by atoms with Crippen LogP contribution in [0, 0.1) is 10.1 Å². The Morgan fingerprint density at radius 2 is 2.22 bits per heavy atom. The quantitative estimate of drug-likeness (QED) is 0.608. The summed E-state index contributed by atoms with van der Waals surface area (Å²) in [6.07, 6.45) is 0. The molecule has 0 aliphatic carbocycles. The molecule has 8 heteroatoms. The lowest BCUT2D eigenvalue weighted by Gasteiger charge is -2.20. The number of hydrogen-bond donors (Lipinski definition) is 2. The van der Waals surface area contributed by atoms with E-state index in [0.717, 1.165) is 6.07 Å². The van der Waals surface area contributed by atoms with Crippen LogP contribution < -0.4 is 16.2 Å². The summed E-state index contributed by atoms with van der Waals surface area (Å²) in [4.78, 5) is 21.0. The van der Waals surface area contributed by atoms with E-state index in [9.17, 15) is 14.9 Å². The van der Waals surface area contributed by atoms with Crippen LogP contribution in [0.1, 0.15) is 6.92 Å². The second-order valence-electron chi connectivity index (χ2n) is 3.94. The summed E-state index contributed by atoms with van der Waals surface area (Å²) in [6.45, 7) is 1.16. The van der Waals surface area contributed by atoms with Crippen molar-refractivity contribution in [1.82, 2.24) is 0 Å². The summed E-state index contributed by atoms with van der Waals surface area (Å²) in [6, 6.07) is 3.72. The Balaban J connectivity index is 2.88. The molecule has 7 nitrogen and oxygen atoms in total. The van der Waals surface area contributed by atoms with Crippen molar-refractivity contribution in [2.75, 3.05) is 6.61 Å². The van der Waals surface area contributed by atoms with Gasteiger partial charge in [-0.25, -0.2) is 0 Å². The number of non-ortho nitro benzene ring substituents is 1. The molecule has 0 aromatic heterocycles. The first kappa shape index (κ1) is 14.2. The minimum absolute atomic E-state index is 0.0730. The van der Waals surface area contributed by atoms with E-state index in [-0.39, 0.29) is 23.1 Å². The van der Waals surface area contributed by atoms with Gasteiger partial charge in [-0.2, -0.15) is 0 Å².